The van der Waals surface area contributed by atoms with Gasteiger partial charge in [-0.1, -0.05) is 56.7 Å². The molecule has 0 saturated heterocycles. The van der Waals surface area contributed by atoms with E-state index in [2.05, 4.69) is 13.8 Å². The number of hydrogen-bond donors (Lipinski definition) is 0. The molecule has 0 spiro atoms. The zero-order chi connectivity index (χ0) is 6.95. The van der Waals surface area contributed by atoms with Crippen LogP contribution in [0.4, 0.5) is 0 Å². The van der Waals surface area contributed by atoms with Crippen molar-refractivity contribution < 1.29 is 0 Å². The summed E-state index contributed by atoms with van der Waals surface area (Å²) in [5, 5.41) is 0. The fourth-order valence-corrected chi connectivity index (χ4v) is 0.385. The minimum Gasteiger partial charge on any atom is -0.0656 e. The van der Waals surface area contributed by atoms with E-state index in [1.807, 2.05) is 36.4 Å². The van der Waals surface area contributed by atoms with E-state index in [0.29, 0.717) is 0 Å². The second-order valence-corrected chi connectivity index (χ2v) is 1.86. The van der Waals surface area contributed by atoms with Crippen molar-refractivity contribution in [2.24, 2.45) is 0 Å². The van der Waals surface area contributed by atoms with Crippen LogP contribution < -0.4 is 0 Å². The van der Waals surface area contributed by atoms with Crippen LogP contribution in [0, 0.1) is 0 Å². The first-order chi connectivity index (χ1) is 4.41. The van der Waals surface area contributed by atoms with Crippen LogP contribution in [0.2, 0.25) is 0 Å². The van der Waals surface area contributed by atoms with Crippen LogP contribution in [0.25, 0.3) is 0 Å². The van der Waals surface area contributed by atoms with Gasteiger partial charge in [-0.2, -0.15) is 0 Å². The molecule has 9 heavy (non-hydrogen) atoms. The Hall–Kier alpha value is -0.780. The van der Waals surface area contributed by atoms with Crippen molar-refractivity contribution >= 4 is 0 Å². The number of hydrogen-bond acceptors (Lipinski definition) is 0. The molecule has 0 amide bonds. The summed E-state index contributed by atoms with van der Waals surface area (Å²) in [6.45, 7) is 4.25. The van der Waals surface area contributed by atoms with Crippen LogP contribution in [0.15, 0.2) is 36.4 Å². The van der Waals surface area contributed by atoms with Crippen molar-refractivity contribution in [2.75, 3.05) is 0 Å². The Labute approximate surface area is 57.5 Å². The highest BCUT2D eigenvalue weighted by molar-refractivity contribution is 4.99. The summed E-state index contributed by atoms with van der Waals surface area (Å²) >= 11 is 0. The third kappa shape index (κ3) is 7.22. The summed E-state index contributed by atoms with van der Waals surface area (Å²) in [5.41, 5.74) is 0. The summed E-state index contributed by atoms with van der Waals surface area (Å²) < 4.78 is 0. The maximum absolute atomic E-state index is 2.12. The van der Waals surface area contributed by atoms with Crippen LogP contribution in [0.3, 0.4) is 0 Å². The molecule has 0 heterocycles. The molecule has 0 radical (unpaired) electrons. The van der Waals surface area contributed by atoms with Crippen LogP contribution in [0.1, 0.15) is 20.3 Å². The van der Waals surface area contributed by atoms with Gasteiger partial charge >= 0.3 is 0 Å². The zero-order valence-electron chi connectivity index (χ0n) is 6.17. The van der Waals surface area contributed by atoms with E-state index in [0.717, 1.165) is 0 Å². The second-order valence-electron chi connectivity index (χ2n) is 1.86. The monoisotopic (exact) mass is 122 g/mol. The Morgan fingerprint density at radius 2 is 0.778 bits per heavy atom. The first-order valence-electron chi connectivity index (χ1n) is 3.41. The molecule has 0 aromatic heterocycles. The molecule has 1 rings (SSSR count). The minimum absolute atomic E-state index is 1.25. The molecular formula is C9H14. The highest BCUT2D eigenvalue weighted by Gasteiger charge is 1.57. The van der Waals surface area contributed by atoms with Crippen LogP contribution >= 0.6 is 0 Å². The molecule has 0 heteroatoms. The van der Waals surface area contributed by atoms with Crippen LogP contribution in [-0.4, -0.2) is 0 Å². The topological polar surface area (TPSA) is 0 Å². The Bertz CT molecular complexity index is 82.9. The lowest BCUT2D eigenvalue weighted by Gasteiger charge is -1.69. The van der Waals surface area contributed by atoms with Crippen LogP contribution in [0.5, 0.6) is 0 Å². The summed E-state index contributed by atoms with van der Waals surface area (Å²) in [6, 6.07) is 12.0. The summed E-state index contributed by atoms with van der Waals surface area (Å²) in [5.74, 6) is 0. The first kappa shape index (κ1) is 8.22. The second kappa shape index (κ2) is 7.22. The molecule has 0 aliphatic heterocycles. The average molecular weight is 122 g/mol. The fraction of sp³-hybridized carbons (Fsp3) is 0.333. The Balaban J connectivity index is 0.000000187. The maximum atomic E-state index is 2.12. The van der Waals surface area contributed by atoms with Crippen LogP contribution in [-0.2, 0) is 0 Å². The lowest BCUT2D eigenvalue weighted by Crippen LogP contribution is -1.47. The number of benzene rings is 1. The van der Waals surface area contributed by atoms with Gasteiger partial charge in [0.1, 0.15) is 0 Å². The molecule has 0 N–H and O–H groups in total. The molecule has 0 atom stereocenters. The molecule has 1 aromatic carbocycles. The molecule has 0 nitrogen and oxygen atoms in total. The number of rotatable bonds is 0. The van der Waals surface area contributed by atoms with E-state index in [-0.39, 0.29) is 0 Å². The summed E-state index contributed by atoms with van der Waals surface area (Å²) in [7, 11) is 0. The van der Waals surface area contributed by atoms with E-state index >= 15 is 0 Å². The third-order valence-electron chi connectivity index (χ3n) is 0.667. The quantitative estimate of drug-likeness (QED) is 0.496. The lowest BCUT2D eigenvalue weighted by molar-refractivity contribution is 1.09. The van der Waals surface area contributed by atoms with Gasteiger partial charge in [-0.15, -0.1) is 0 Å². The molecule has 0 saturated carbocycles. The fourth-order valence-electron chi connectivity index (χ4n) is 0.385. The van der Waals surface area contributed by atoms with E-state index in [1.54, 1.807) is 0 Å². The largest absolute Gasteiger partial charge is 0.0656 e. The lowest BCUT2D eigenvalue weighted by atomic mass is 10.4. The SMILES string of the molecule is CCC.c1ccccc1. The molecular weight excluding hydrogens is 108 g/mol. The van der Waals surface area contributed by atoms with Crippen molar-refractivity contribution in [2.45, 2.75) is 20.3 Å². The Kier molecular flexibility index (Phi) is 6.59. The predicted molar refractivity (Wildman–Crippen MR) is 42.4 cm³/mol. The summed E-state index contributed by atoms with van der Waals surface area (Å²) in [6.07, 6.45) is 1.25. The van der Waals surface area contributed by atoms with Gasteiger partial charge in [0, 0.05) is 0 Å². The smallest absolute Gasteiger partial charge is 0.0590 e. The highest BCUT2D eigenvalue weighted by Crippen LogP contribution is 1.79. The average Bonchev–Trinajstić information content (AvgIpc) is 1.93. The zero-order valence-corrected chi connectivity index (χ0v) is 6.17. The van der Waals surface area contributed by atoms with Crippen molar-refractivity contribution in [3.05, 3.63) is 36.4 Å². The van der Waals surface area contributed by atoms with E-state index < -0.39 is 0 Å². The minimum atomic E-state index is 1.25. The van der Waals surface area contributed by atoms with Crippen molar-refractivity contribution in [1.82, 2.24) is 0 Å². The van der Waals surface area contributed by atoms with Gasteiger partial charge < -0.3 is 0 Å². The molecule has 50 valence electrons. The molecule has 0 unspecified atom stereocenters. The standard InChI is InChI=1S/C6H6.C3H8/c1-2-4-6-5-3-1;1-3-2/h1-6H;3H2,1-2H3. The maximum Gasteiger partial charge on any atom is -0.0590 e. The van der Waals surface area contributed by atoms with Gasteiger partial charge in [-0.3, -0.25) is 0 Å². The van der Waals surface area contributed by atoms with Gasteiger partial charge in [-0.05, 0) is 0 Å². The molecule has 1 aromatic rings. The van der Waals surface area contributed by atoms with Gasteiger partial charge in [0.15, 0.2) is 0 Å². The van der Waals surface area contributed by atoms with Gasteiger partial charge in [0.25, 0.3) is 0 Å². The molecule has 0 bridgehead atoms. The normalized spacial score (nSPS) is 7.33. The molecule has 0 fully saturated rings. The van der Waals surface area contributed by atoms with Gasteiger partial charge in [0.2, 0.25) is 0 Å². The third-order valence-corrected chi connectivity index (χ3v) is 0.667. The van der Waals surface area contributed by atoms with Gasteiger partial charge in [0.05, 0.1) is 0 Å². The van der Waals surface area contributed by atoms with Gasteiger partial charge in [-0.25, -0.2) is 0 Å². The van der Waals surface area contributed by atoms with E-state index in [9.17, 15) is 0 Å². The van der Waals surface area contributed by atoms with Crippen molar-refractivity contribution in [1.29, 1.82) is 0 Å². The molecule has 0 aliphatic carbocycles. The van der Waals surface area contributed by atoms with Crippen molar-refractivity contribution in [3.8, 4) is 0 Å². The van der Waals surface area contributed by atoms with E-state index in [4.69, 9.17) is 0 Å². The summed E-state index contributed by atoms with van der Waals surface area (Å²) in [4.78, 5) is 0. The Morgan fingerprint density at radius 1 is 0.667 bits per heavy atom. The molecule has 0 aliphatic rings. The Morgan fingerprint density at radius 3 is 0.889 bits per heavy atom. The van der Waals surface area contributed by atoms with E-state index in [1.165, 1.54) is 6.42 Å². The predicted octanol–water partition coefficient (Wildman–Crippen LogP) is 3.10. The highest BCUT2D eigenvalue weighted by atomic mass is 13.6. The van der Waals surface area contributed by atoms with Crippen molar-refractivity contribution in [3.63, 3.8) is 0 Å². The first-order valence-corrected chi connectivity index (χ1v) is 3.41.